The molecule has 0 radical (unpaired) electrons. The van der Waals surface area contributed by atoms with Crippen LogP contribution >= 0.6 is 15.9 Å². The topological polar surface area (TPSA) is 16.1 Å². The molecule has 0 atom stereocenters. The summed E-state index contributed by atoms with van der Waals surface area (Å²) in [5, 5.41) is 0. The maximum absolute atomic E-state index is 4.21. The van der Waals surface area contributed by atoms with Gasteiger partial charge in [0.05, 0.1) is 11.9 Å². The molecule has 1 aromatic heterocycles. The second-order valence-corrected chi connectivity index (χ2v) is 5.12. The molecule has 0 amide bonds. The number of hydrogen-bond acceptors (Lipinski definition) is 2. The summed E-state index contributed by atoms with van der Waals surface area (Å²) in [5.74, 6) is 0.932. The van der Waals surface area contributed by atoms with Crippen LogP contribution in [-0.4, -0.2) is 18.1 Å². The van der Waals surface area contributed by atoms with Crippen LogP contribution < -0.4 is 4.90 Å². The molecule has 1 aliphatic rings. The molecule has 0 aliphatic carbocycles. The van der Waals surface area contributed by atoms with Gasteiger partial charge in [0.15, 0.2) is 0 Å². The molecule has 15 heavy (non-hydrogen) atoms. The monoisotopic (exact) mass is 268 g/mol. The van der Waals surface area contributed by atoms with Crippen molar-refractivity contribution in [3.05, 3.63) is 22.9 Å². The Hall–Kier alpha value is -0.570. The van der Waals surface area contributed by atoms with Crippen molar-refractivity contribution in [1.82, 2.24) is 4.98 Å². The summed E-state index contributed by atoms with van der Waals surface area (Å²) in [6.45, 7) is 4.65. The fourth-order valence-electron chi connectivity index (χ4n) is 2.17. The lowest BCUT2D eigenvalue weighted by Crippen LogP contribution is -2.33. The van der Waals surface area contributed by atoms with Gasteiger partial charge >= 0.3 is 0 Å². The minimum atomic E-state index is 0.932. The number of aromatic nitrogens is 1. The summed E-state index contributed by atoms with van der Waals surface area (Å²) < 4.78 is 1.07. The van der Waals surface area contributed by atoms with Crippen molar-refractivity contribution in [3.8, 4) is 0 Å². The maximum Gasteiger partial charge on any atom is 0.0564 e. The van der Waals surface area contributed by atoms with E-state index in [0.29, 0.717) is 0 Å². The lowest BCUT2D eigenvalue weighted by Gasteiger charge is -2.33. The fourth-order valence-corrected chi connectivity index (χ4v) is 2.53. The molecule has 1 aromatic rings. The van der Waals surface area contributed by atoms with E-state index in [9.17, 15) is 0 Å². The van der Waals surface area contributed by atoms with Crippen molar-refractivity contribution < 1.29 is 0 Å². The minimum absolute atomic E-state index is 0.932. The van der Waals surface area contributed by atoms with E-state index in [2.05, 4.69) is 38.8 Å². The molecule has 1 saturated heterocycles. The molecular weight excluding hydrogens is 252 g/mol. The molecule has 2 nitrogen and oxygen atoms in total. The van der Waals surface area contributed by atoms with E-state index in [-0.39, 0.29) is 0 Å². The third-order valence-electron chi connectivity index (χ3n) is 3.25. The molecule has 0 saturated carbocycles. The third kappa shape index (κ3) is 2.71. The highest BCUT2D eigenvalue weighted by Crippen LogP contribution is 2.25. The van der Waals surface area contributed by atoms with Gasteiger partial charge in [-0.1, -0.05) is 13.3 Å². The van der Waals surface area contributed by atoms with Gasteiger partial charge in [0.1, 0.15) is 0 Å². The fraction of sp³-hybridized carbons (Fsp3) is 0.583. The highest BCUT2D eigenvalue weighted by Gasteiger charge is 2.17. The molecular formula is C12H17BrN2. The Morgan fingerprint density at radius 2 is 2.13 bits per heavy atom. The first kappa shape index (κ1) is 10.9. The van der Waals surface area contributed by atoms with Gasteiger partial charge in [0.25, 0.3) is 0 Å². The van der Waals surface area contributed by atoms with Crippen LogP contribution in [0.4, 0.5) is 5.69 Å². The van der Waals surface area contributed by atoms with Gasteiger partial charge in [0.2, 0.25) is 0 Å². The Kier molecular flexibility index (Phi) is 3.62. The molecule has 2 rings (SSSR count). The predicted molar refractivity (Wildman–Crippen MR) is 67.2 cm³/mol. The van der Waals surface area contributed by atoms with Crippen LogP contribution in [0.1, 0.15) is 26.2 Å². The minimum Gasteiger partial charge on any atom is -0.370 e. The van der Waals surface area contributed by atoms with Crippen molar-refractivity contribution in [1.29, 1.82) is 0 Å². The molecule has 0 N–H and O–H groups in total. The molecule has 0 spiro atoms. The number of nitrogens with zero attached hydrogens (tertiary/aromatic N) is 2. The average molecular weight is 269 g/mol. The summed E-state index contributed by atoms with van der Waals surface area (Å²) in [4.78, 5) is 6.64. The van der Waals surface area contributed by atoms with Crippen LogP contribution in [0.2, 0.25) is 0 Å². The van der Waals surface area contributed by atoms with Gasteiger partial charge < -0.3 is 4.90 Å². The van der Waals surface area contributed by atoms with Gasteiger partial charge in [-0.25, -0.2) is 0 Å². The quantitative estimate of drug-likeness (QED) is 0.817. The van der Waals surface area contributed by atoms with Crippen LogP contribution in [0.5, 0.6) is 0 Å². The second kappa shape index (κ2) is 4.97. The molecule has 0 aromatic carbocycles. The Morgan fingerprint density at radius 1 is 1.40 bits per heavy atom. The zero-order valence-electron chi connectivity index (χ0n) is 9.12. The summed E-state index contributed by atoms with van der Waals surface area (Å²) in [5.41, 5.74) is 1.25. The zero-order valence-corrected chi connectivity index (χ0v) is 10.7. The lowest BCUT2D eigenvalue weighted by molar-refractivity contribution is 0.395. The number of halogens is 1. The molecule has 1 fully saturated rings. The first-order valence-corrected chi connectivity index (χ1v) is 6.44. The third-order valence-corrected chi connectivity index (χ3v) is 3.68. The van der Waals surface area contributed by atoms with Crippen molar-refractivity contribution >= 4 is 21.6 Å². The summed E-state index contributed by atoms with van der Waals surface area (Å²) >= 11 is 3.47. The SMILES string of the molecule is CCC1CCN(c2cncc(Br)c2)CC1. The molecule has 3 heteroatoms. The first-order valence-electron chi connectivity index (χ1n) is 5.65. The van der Waals surface area contributed by atoms with E-state index in [1.165, 1.54) is 38.0 Å². The average Bonchev–Trinajstić information content (AvgIpc) is 2.29. The molecule has 0 unspecified atom stereocenters. The Bertz CT molecular complexity index is 319. The van der Waals surface area contributed by atoms with Crippen LogP contribution in [0.3, 0.4) is 0 Å². The molecule has 1 aliphatic heterocycles. The summed E-state index contributed by atoms with van der Waals surface area (Å²) in [6, 6.07) is 2.15. The Morgan fingerprint density at radius 3 is 2.73 bits per heavy atom. The van der Waals surface area contributed by atoms with Gasteiger partial charge in [-0.15, -0.1) is 0 Å². The second-order valence-electron chi connectivity index (χ2n) is 4.20. The van der Waals surface area contributed by atoms with Crippen LogP contribution in [-0.2, 0) is 0 Å². The standard InChI is InChI=1S/C12H17BrN2/c1-2-10-3-5-15(6-4-10)12-7-11(13)8-14-9-12/h7-10H,2-6H2,1H3. The summed E-state index contributed by atoms with van der Waals surface area (Å²) in [6.07, 6.45) is 7.76. The van der Waals surface area contributed by atoms with E-state index < -0.39 is 0 Å². The zero-order chi connectivity index (χ0) is 10.7. The van der Waals surface area contributed by atoms with Gasteiger partial charge in [0, 0.05) is 23.8 Å². The van der Waals surface area contributed by atoms with E-state index in [0.717, 1.165) is 10.4 Å². The number of pyridine rings is 1. The first-order chi connectivity index (χ1) is 7.29. The van der Waals surface area contributed by atoms with Crippen molar-refractivity contribution in [2.75, 3.05) is 18.0 Å². The largest absolute Gasteiger partial charge is 0.370 e. The maximum atomic E-state index is 4.21. The Balaban J connectivity index is 2.01. The predicted octanol–water partition coefficient (Wildman–Crippen LogP) is 3.47. The Labute approximate surface area is 99.8 Å². The number of rotatable bonds is 2. The highest BCUT2D eigenvalue weighted by molar-refractivity contribution is 9.10. The van der Waals surface area contributed by atoms with Gasteiger partial charge in [-0.05, 0) is 40.8 Å². The van der Waals surface area contributed by atoms with Gasteiger partial charge in [-0.2, -0.15) is 0 Å². The van der Waals surface area contributed by atoms with Crippen molar-refractivity contribution in [3.63, 3.8) is 0 Å². The van der Waals surface area contributed by atoms with Crippen LogP contribution in [0.25, 0.3) is 0 Å². The van der Waals surface area contributed by atoms with Gasteiger partial charge in [-0.3, -0.25) is 4.98 Å². The molecule has 2 heterocycles. The lowest BCUT2D eigenvalue weighted by atomic mass is 9.94. The summed E-state index contributed by atoms with van der Waals surface area (Å²) in [7, 11) is 0. The normalized spacial score (nSPS) is 18.1. The molecule has 0 bridgehead atoms. The smallest absolute Gasteiger partial charge is 0.0564 e. The van der Waals surface area contributed by atoms with E-state index in [1.807, 2.05) is 12.4 Å². The number of anilines is 1. The number of hydrogen-bond donors (Lipinski definition) is 0. The number of piperidine rings is 1. The molecule has 82 valence electrons. The van der Waals surface area contributed by atoms with Crippen molar-refractivity contribution in [2.45, 2.75) is 26.2 Å². The highest BCUT2D eigenvalue weighted by atomic mass is 79.9. The van der Waals surface area contributed by atoms with E-state index in [4.69, 9.17) is 0 Å². The van der Waals surface area contributed by atoms with Crippen molar-refractivity contribution in [2.24, 2.45) is 5.92 Å². The van der Waals surface area contributed by atoms with E-state index in [1.54, 1.807) is 0 Å². The van der Waals surface area contributed by atoms with Crippen LogP contribution in [0, 0.1) is 5.92 Å². The van der Waals surface area contributed by atoms with E-state index >= 15 is 0 Å². The van der Waals surface area contributed by atoms with Crippen LogP contribution in [0.15, 0.2) is 22.9 Å².